The minimum absolute atomic E-state index is 0.151. The van der Waals surface area contributed by atoms with Gasteiger partial charge in [0.25, 0.3) is 5.89 Å². The Morgan fingerprint density at radius 2 is 1.97 bits per heavy atom. The van der Waals surface area contributed by atoms with Crippen LogP contribution in [0.1, 0.15) is 45.4 Å². The molecule has 1 saturated heterocycles. The number of piperidine rings is 1. The van der Waals surface area contributed by atoms with Crippen molar-refractivity contribution in [2.45, 2.75) is 45.1 Å². The number of hydrogen-bond donors (Lipinski definition) is 0. The average Bonchev–Trinajstić information content (AvgIpc) is 3.36. The lowest BCUT2D eigenvalue weighted by Gasteiger charge is -2.32. The molecule has 1 aliphatic heterocycles. The minimum atomic E-state index is -0.491. The van der Waals surface area contributed by atoms with Crippen LogP contribution in [0.25, 0.3) is 22.8 Å². The molecular weight excluding hydrogens is 384 g/mol. The topological polar surface area (TPSA) is 99.2 Å². The summed E-state index contributed by atoms with van der Waals surface area (Å²) in [5.74, 6) is 1.28. The zero-order valence-electron chi connectivity index (χ0n) is 17.7. The summed E-state index contributed by atoms with van der Waals surface area (Å²) in [5.41, 5.74) is 1.84. The summed E-state index contributed by atoms with van der Waals surface area (Å²) in [6.45, 7) is 6.84. The van der Waals surface area contributed by atoms with E-state index in [1.807, 2.05) is 52.2 Å². The van der Waals surface area contributed by atoms with E-state index in [0.717, 1.165) is 29.8 Å². The predicted molar refractivity (Wildman–Crippen MR) is 110 cm³/mol. The van der Waals surface area contributed by atoms with E-state index >= 15 is 0 Å². The number of carbonyl (C=O) groups is 1. The molecule has 4 heterocycles. The SMILES string of the molecule is Cn1ccc(-c2cc(-c3nc(C4CCN(C(=O)OC(C)(C)C)CC4)no3)ccn2)n1. The summed E-state index contributed by atoms with van der Waals surface area (Å²) in [5, 5.41) is 8.57. The molecule has 4 rings (SSSR count). The van der Waals surface area contributed by atoms with Crippen LogP contribution >= 0.6 is 0 Å². The highest BCUT2D eigenvalue weighted by molar-refractivity contribution is 5.68. The monoisotopic (exact) mass is 410 g/mol. The fourth-order valence-corrected chi connectivity index (χ4v) is 3.42. The minimum Gasteiger partial charge on any atom is -0.444 e. The van der Waals surface area contributed by atoms with Gasteiger partial charge in [0.2, 0.25) is 0 Å². The molecule has 9 nitrogen and oxygen atoms in total. The van der Waals surface area contributed by atoms with Crippen LogP contribution in [-0.2, 0) is 11.8 Å². The number of amides is 1. The van der Waals surface area contributed by atoms with Gasteiger partial charge in [0, 0.05) is 44.0 Å². The molecule has 3 aromatic rings. The quantitative estimate of drug-likeness (QED) is 0.650. The number of carbonyl (C=O) groups excluding carboxylic acids is 1. The summed E-state index contributed by atoms with van der Waals surface area (Å²) in [6, 6.07) is 5.64. The van der Waals surface area contributed by atoms with Crippen LogP contribution in [0.5, 0.6) is 0 Å². The molecule has 0 unspecified atom stereocenters. The van der Waals surface area contributed by atoms with Gasteiger partial charge in [-0.2, -0.15) is 10.1 Å². The number of likely N-dealkylation sites (tertiary alicyclic amines) is 1. The third-order valence-electron chi connectivity index (χ3n) is 4.94. The summed E-state index contributed by atoms with van der Waals surface area (Å²) >= 11 is 0. The van der Waals surface area contributed by atoms with Crippen LogP contribution < -0.4 is 0 Å². The highest BCUT2D eigenvalue weighted by Gasteiger charge is 2.29. The van der Waals surface area contributed by atoms with Crippen LogP contribution in [0.2, 0.25) is 0 Å². The first-order valence-electron chi connectivity index (χ1n) is 10.1. The first-order valence-corrected chi connectivity index (χ1v) is 10.1. The third-order valence-corrected chi connectivity index (χ3v) is 4.94. The number of pyridine rings is 1. The molecule has 1 amide bonds. The van der Waals surface area contributed by atoms with Gasteiger partial charge in [-0.25, -0.2) is 4.79 Å². The fraction of sp³-hybridized carbons (Fsp3) is 0.476. The molecule has 0 bridgehead atoms. The van der Waals surface area contributed by atoms with Crippen LogP contribution in [0.3, 0.4) is 0 Å². The van der Waals surface area contributed by atoms with E-state index in [1.54, 1.807) is 15.8 Å². The lowest BCUT2D eigenvalue weighted by molar-refractivity contribution is 0.0203. The lowest BCUT2D eigenvalue weighted by Crippen LogP contribution is -2.41. The van der Waals surface area contributed by atoms with E-state index in [1.165, 1.54) is 0 Å². The Morgan fingerprint density at radius 3 is 2.63 bits per heavy atom. The Bertz CT molecular complexity index is 1030. The summed E-state index contributed by atoms with van der Waals surface area (Å²) in [6.07, 6.45) is 4.86. The van der Waals surface area contributed by atoms with Crippen molar-refractivity contribution in [2.24, 2.45) is 7.05 Å². The molecule has 3 aromatic heterocycles. The largest absolute Gasteiger partial charge is 0.444 e. The van der Waals surface area contributed by atoms with E-state index in [0.29, 0.717) is 24.8 Å². The van der Waals surface area contributed by atoms with Gasteiger partial charge in [0.05, 0.1) is 5.69 Å². The Morgan fingerprint density at radius 1 is 1.20 bits per heavy atom. The van der Waals surface area contributed by atoms with Crippen LogP contribution in [-0.4, -0.2) is 54.6 Å². The molecule has 30 heavy (non-hydrogen) atoms. The number of hydrogen-bond acceptors (Lipinski definition) is 7. The first-order chi connectivity index (χ1) is 14.3. The van der Waals surface area contributed by atoms with Crippen molar-refractivity contribution in [1.82, 2.24) is 29.8 Å². The molecule has 0 aromatic carbocycles. The van der Waals surface area contributed by atoms with Crippen molar-refractivity contribution in [3.8, 4) is 22.8 Å². The molecular formula is C21H26N6O3. The highest BCUT2D eigenvalue weighted by Crippen LogP contribution is 2.29. The fourth-order valence-electron chi connectivity index (χ4n) is 3.42. The van der Waals surface area contributed by atoms with E-state index in [2.05, 4.69) is 20.2 Å². The number of aromatic nitrogens is 5. The standard InChI is InChI=1S/C21H26N6O3/c1-21(2,3)29-20(28)27-11-6-14(7-12-27)18-23-19(30-25-18)15-5-9-22-17(13-15)16-8-10-26(4)24-16/h5,8-10,13-14H,6-7,11-12H2,1-4H3. The van der Waals surface area contributed by atoms with Gasteiger partial charge >= 0.3 is 6.09 Å². The average molecular weight is 410 g/mol. The molecule has 0 atom stereocenters. The maximum Gasteiger partial charge on any atom is 0.410 e. The molecule has 0 N–H and O–H groups in total. The normalized spacial score (nSPS) is 15.4. The lowest BCUT2D eigenvalue weighted by atomic mass is 9.96. The van der Waals surface area contributed by atoms with Crippen LogP contribution in [0.15, 0.2) is 35.1 Å². The second-order valence-corrected chi connectivity index (χ2v) is 8.50. The van der Waals surface area contributed by atoms with Crippen molar-refractivity contribution in [3.63, 3.8) is 0 Å². The molecule has 0 aliphatic carbocycles. The molecule has 9 heteroatoms. The zero-order chi connectivity index (χ0) is 21.3. The van der Waals surface area contributed by atoms with E-state index in [-0.39, 0.29) is 12.0 Å². The number of rotatable bonds is 3. The predicted octanol–water partition coefficient (Wildman–Crippen LogP) is 3.65. The summed E-state index contributed by atoms with van der Waals surface area (Å²) < 4.78 is 12.7. The van der Waals surface area contributed by atoms with Crippen LogP contribution in [0.4, 0.5) is 4.79 Å². The zero-order valence-corrected chi connectivity index (χ0v) is 17.7. The van der Waals surface area contributed by atoms with Crippen molar-refractivity contribution in [1.29, 1.82) is 0 Å². The number of aryl methyl sites for hydroxylation is 1. The van der Waals surface area contributed by atoms with Gasteiger partial charge in [0.15, 0.2) is 5.82 Å². The highest BCUT2D eigenvalue weighted by atomic mass is 16.6. The third kappa shape index (κ3) is 4.50. The second-order valence-electron chi connectivity index (χ2n) is 8.50. The van der Waals surface area contributed by atoms with E-state index < -0.39 is 5.60 Å². The summed E-state index contributed by atoms with van der Waals surface area (Å²) in [4.78, 5) is 23.0. The van der Waals surface area contributed by atoms with Gasteiger partial charge in [0.1, 0.15) is 11.3 Å². The molecule has 1 aliphatic rings. The second kappa shape index (κ2) is 7.89. The van der Waals surface area contributed by atoms with Gasteiger partial charge < -0.3 is 14.2 Å². The maximum atomic E-state index is 12.2. The Hall–Kier alpha value is -3.23. The number of nitrogens with zero attached hydrogens (tertiary/aromatic N) is 6. The van der Waals surface area contributed by atoms with Crippen LogP contribution in [0, 0.1) is 0 Å². The molecule has 0 spiro atoms. The molecule has 1 fully saturated rings. The van der Waals surface area contributed by atoms with E-state index in [4.69, 9.17) is 9.26 Å². The molecule has 0 radical (unpaired) electrons. The Balaban J connectivity index is 1.42. The number of ether oxygens (including phenoxy) is 1. The summed E-state index contributed by atoms with van der Waals surface area (Å²) in [7, 11) is 1.87. The van der Waals surface area contributed by atoms with Gasteiger partial charge in [-0.1, -0.05) is 5.16 Å². The maximum absolute atomic E-state index is 12.2. The Labute approximate surface area is 175 Å². The molecule has 0 saturated carbocycles. The molecule has 158 valence electrons. The Kier molecular flexibility index (Phi) is 5.27. The van der Waals surface area contributed by atoms with E-state index in [9.17, 15) is 4.79 Å². The van der Waals surface area contributed by atoms with Crippen molar-refractivity contribution in [3.05, 3.63) is 36.4 Å². The van der Waals surface area contributed by atoms with Crippen molar-refractivity contribution < 1.29 is 14.1 Å². The van der Waals surface area contributed by atoms with Crippen molar-refractivity contribution >= 4 is 6.09 Å². The van der Waals surface area contributed by atoms with Gasteiger partial charge in [-0.3, -0.25) is 9.67 Å². The van der Waals surface area contributed by atoms with Crippen molar-refractivity contribution in [2.75, 3.05) is 13.1 Å². The first kappa shape index (κ1) is 20.1. The van der Waals surface area contributed by atoms with Gasteiger partial charge in [-0.05, 0) is 51.8 Å². The smallest absolute Gasteiger partial charge is 0.410 e. The van der Waals surface area contributed by atoms with Gasteiger partial charge in [-0.15, -0.1) is 0 Å².